The average molecular weight is 327 g/mol. The van der Waals surface area contributed by atoms with Gasteiger partial charge in [-0.25, -0.2) is 0 Å². The smallest absolute Gasteiger partial charge is 0.270 e. The van der Waals surface area contributed by atoms with Crippen LogP contribution in [-0.2, 0) is 6.54 Å². The summed E-state index contributed by atoms with van der Waals surface area (Å²) < 4.78 is 10.6. The van der Waals surface area contributed by atoms with E-state index in [1.54, 1.807) is 12.3 Å². The van der Waals surface area contributed by atoms with Gasteiger partial charge in [0.15, 0.2) is 11.5 Å². The van der Waals surface area contributed by atoms with Crippen molar-refractivity contribution in [2.75, 3.05) is 18.7 Å². The summed E-state index contributed by atoms with van der Waals surface area (Å²) in [6.07, 6.45) is 1.64. The van der Waals surface area contributed by atoms with Gasteiger partial charge < -0.3 is 20.1 Å². The lowest BCUT2D eigenvalue weighted by atomic mass is 10.2. The number of fused-ring (bicyclic) bond motifs is 1. The van der Waals surface area contributed by atoms with Crippen molar-refractivity contribution in [2.24, 2.45) is 5.92 Å². The van der Waals surface area contributed by atoms with Crippen LogP contribution in [0.15, 0.2) is 36.5 Å². The minimum atomic E-state index is -0.208. The maximum atomic E-state index is 12.3. The zero-order valence-electron chi connectivity index (χ0n) is 13.8. The van der Waals surface area contributed by atoms with E-state index in [1.807, 2.05) is 24.3 Å². The summed E-state index contributed by atoms with van der Waals surface area (Å²) in [6, 6.07) is 9.24. The van der Waals surface area contributed by atoms with Gasteiger partial charge >= 0.3 is 0 Å². The Balaban J connectivity index is 1.59. The third kappa shape index (κ3) is 3.95. The summed E-state index contributed by atoms with van der Waals surface area (Å²) in [5.41, 5.74) is 2.23. The van der Waals surface area contributed by atoms with Crippen LogP contribution in [0.5, 0.6) is 11.5 Å². The van der Waals surface area contributed by atoms with Crippen LogP contribution in [-0.4, -0.2) is 24.2 Å². The zero-order valence-corrected chi connectivity index (χ0v) is 13.8. The van der Waals surface area contributed by atoms with Gasteiger partial charge in [0.05, 0.1) is 0 Å². The number of aromatic nitrogens is 1. The SMILES string of the molecule is CC(C)CNc1ccnc(C(=O)NCc2ccc3c(c2)OCO3)c1. The summed E-state index contributed by atoms with van der Waals surface area (Å²) in [5, 5.41) is 6.16. The summed E-state index contributed by atoms with van der Waals surface area (Å²) in [7, 11) is 0. The van der Waals surface area contributed by atoms with E-state index in [0.717, 1.165) is 23.5 Å². The lowest BCUT2D eigenvalue weighted by Gasteiger charge is -2.10. The molecule has 0 bridgehead atoms. The van der Waals surface area contributed by atoms with E-state index < -0.39 is 0 Å². The molecule has 0 fully saturated rings. The Morgan fingerprint density at radius 3 is 2.88 bits per heavy atom. The minimum absolute atomic E-state index is 0.208. The Morgan fingerprint density at radius 2 is 2.04 bits per heavy atom. The normalized spacial score (nSPS) is 12.3. The summed E-state index contributed by atoms with van der Waals surface area (Å²) in [6.45, 7) is 5.76. The van der Waals surface area contributed by atoms with Crippen molar-refractivity contribution >= 4 is 11.6 Å². The number of carbonyl (C=O) groups excluding carboxylic acids is 1. The highest BCUT2D eigenvalue weighted by Gasteiger charge is 2.14. The average Bonchev–Trinajstić information content (AvgIpc) is 3.06. The number of rotatable bonds is 6. The van der Waals surface area contributed by atoms with Crippen molar-refractivity contribution in [2.45, 2.75) is 20.4 Å². The van der Waals surface area contributed by atoms with Crippen molar-refractivity contribution in [1.82, 2.24) is 10.3 Å². The highest BCUT2D eigenvalue weighted by Crippen LogP contribution is 2.32. The first-order valence-electron chi connectivity index (χ1n) is 7.98. The Kier molecular flexibility index (Phi) is 4.84. The molecule has 0 spiro atoms. The number of benzene rings is 1. The van der Waals surface area contributed by atoms with E-state index in [9.17, 15) is 4.79 Å². The maximum Gasteiger partial charge on any atom is 0.270 e. The quantitative estimate of drug-likeness (QED) is 0.853. The van der Waals surface area contributed by atoms with E-state index in [1.165, 1.54) is 0 Å². The first-order valence-corrected chi connectivity index (χ1v) is 7.98. The van der Waals surface area contributed by atoms with Crippen LogP contribution < -0.4 is 20.1 Å². The molecule has 3 rings (SSSR count). The molecule has 0 aliphatic carbocycles. The highest BCUT2D eigenvalue weighted by atomic mass is 16.7. The van der Waals surface area contributed by atoms with E-state index in [0.29, 0.717) is 23.9 Å². The minimum Gasteiger partial charge on any atom is -0.454 e. The first-order chi connectivity index (χ1) is 11.6. The van der Waals surface area contributed by atoms with Gasteiger partial charge in [0, 0.05) is 25.0 Å². The zero-order chi connectivity index (χ0) is 16.9. The van der Waals surface area contributed by atoms with Gasteiger partial charge in [-0.2, -0.15) is 0 Å². The molecular weight excluding hydrogens is 306 g/mol. The number of nitrogens with zero attached hydrogens (tertiary/aromatic N) is 1. The number of carbonyl (C=O) groups is 1. The van der Waals surface area contributed by atoms with Gasteiger partial charge in [0.25, 0.3) is 5.91 Å². The largest absolute Gasteiger partial charge is 0.454 e. The lowest BCUT2D eigenvalue weighted by Crippen LogP contribution is -2.24. The van der Waals surface area contributed by atoms with Gasteiger partial charge in [-0.3, -0.25) is 9.78 Å². The molecule has 1 aliphatic heterocycles. The van der Waals surface area contributed by atoms with Crippen molar-refractivity contribution in [3.8, 4) is 11.5 Å². The molecule has 0 saturated heterocycles. The van der Waals surface area contributed by atoms with Crippen LogP contribution in [0.4, 0.5) is 5.69 Å². The fourth-order valence-electron chi connectivity index (χ4n) is 2.31. The van der Waals surface area contributed by atoms with Gasteiger partial charge in [0.1, 0.15) is 5.69 Å². The van der Waals surface area contributed by atoms with Gasteiger partial charge in [-0.15, -0.1) is 0 Å². The summed E-state index contributed by atoms with van der Waals surface area (Å²) in [5.74, 6) is 1.76. The molecule has 6 nitrogen and oxygen atoms in total. The monoisotopic (exact) mass is 327 g/mol. The molecule has 2 heterocycles. The third-order valence-corrected chi connectivity index (χ3v) is 3.60. The molecule has 1 aromatic heterocycles. The second-order valence-electron chi connectivity index (χ2n) is 6.07. The molecule has 6 heteroatoms. The Hall–Kier alpha value is -2.76. The van der Waals surface area contributed by atoms with Crippen LogP contribution in [0, 0.1) is 5.92 Å². The predicted octanol–water partition coefficient (Wildman–Crippen LogP) is 2.81. The Bertz CT molecular complexity index is 731. The summed E-state index contributed by atoms with van der Waals surface area (Å²) >= 11 is 0. The van der Waals surface area contributed by atoms with E-state index in [-0.39, 0.29) is 12.7 Å². The number of ether oxygens (including phenoxy) is 2. The van der Waals surface area contributed by atoms with Gasteiger partial charge in [-0.05, 0) is 35.7 Å². The maximum absolute atomic E-state index is 12.3. The van der Waals surface area contributed by atoms with Crippen LogP contribution in [0.2, 0.25) is 0 Å². The second-order valence-corrected chi connectivity index (χ2v) is 6.07. The molecule has 0 atom stereocenters. The summed E-state index contributed by atoms with van der Waals surface area (Å²) in [4.78, 5) is 16.4. The van der Waals surface area contributed by atoms with E-state index in [4.69, 9.17) is 9.47 Å². The predicted molar refractivity (Wildman–Crippen MR) is 91.3 cm³/mol. The lowest BCUT2D eigenvalue weighted by molar-refractivity contribution is 0.0946. The molecule has 2 N–H and O–H groups in total. The first kappa shape index (κ1) is 16.1. The molecule has 24 heavy (non-hydrogen) atoms. The van der Waals surface area contributed by atoms with Gasteiger partial charge in [-0.1, -0.05) is 19.9 Å². The fourth-order valence-corrected chi connectivity index (χ4v) is 2.31. The molecule has 0 saturated carbocycles. The second kappa shape index (κ2) is 7.21. The topological polar surface area (TPSA) is 72.5 Å². The van der Waals surface area contributed by atoms with Crippen LogP contribution >= 0.6 is 0 Å². The number of amides is 1. The van der Waals surface area contributed by atoms with Crippen molar-refractivity contribution in [3.05, 3.63) is 47.8 Å². The van der Waals surface area contributed by atoms with Crippen molar-refractivity contribution in [3.63, 3.8) is 0 Å². The number of hydrogen-bond donors (Lipinski definition) is 2. The Labute approximate surface area is 141 Å². The molecule has 0 unspecified atom stereocenters. The highest BCUT2D eigenvalue weighted by molar-refractivity contribution is 5.93. The molecule has 1 aliphatic rings. The van der Waals surface area contributed by atoms with Crippen LogP contribution in [0.25, 0.3) is 0 Å². The standard InChI is InChI=1S/C18H21N3O3/c1-12(2)9-20-14-5-6-19-15(8-14)18(22)21-10-13-3-4-16-17(7-13)24-11-23-16/h3-8,12H,9-11H2,1-2H3,(H,19,20)(H,21,22). The van der Waals surface area contributed by atoms with Crippen molar-refractivity contribution < 1.29 is 14.3 Å². The van der Waals surface area contributed by atoms with Gasteiger partial charge in [0.2, 0.25) is 6.79 Å². The number of hydrogen-bond acceptors (Lipinski definition) is 5. The van der Waals surface area contributed by atoms with Crippen molar-refractivity contribution in [1.29, 1.82) is 0 Å². The van der Waals surface area contributed by atoms with Crippen LogP contribution in [0.1, 0.15) is 29.9 Å². The Morgan fingerprint density at radius 1 is 1.21 bits per heavy atom. The number of nitrogens with one attached hydrogen (secondary N) is 2. The molecule has 126 valence electrons. The van der Waals surface area contributed by atoms with E-state index in [2.05, 4.69) is 29.5 Å². The molecule has 1 amide bonds. The molecule has 0 radical (unpaired) electrons. The number of pyridine rings is 1. The molecular formula is C18H21N3O3. The third-order valence-electron chi connectivity index (χ3n) is 3.60. The van der Waals surface area contributed by atoms with E-state index >= 15 is 0 Å². The number of anilines is 1. The fraction of sp³-hybridized carbons (Fsp3) is 0.333. The van der Waals surface area contributed by atoms with Crippen LogP contribution in [0.3, 0.4) is 0 Å². The molecule has 2 aromatic rings. The molecule has 1 aromatic carbocycles.